The molecule has 3 rings (SSSR count). The lowest BCUT2D eigenvalue weighted by molar-refractivity contribution is 1.10. The summed E-state index contributed by atoms with van der Waals surface area (Å²) in [6, 6.07) is 7.65. The lowest BCUT2D eigenvalue weighted by Crippen LogP contribution is -1.77. The molecule has 3 aromatic heterocycles. The van der Waals surface area contributed by atoms with Gasteiger partial charge in [0.1, 0.15) is 12.7 Å². The first-order valence-corrected chi connectivity index (χ1v) is 5.83. The molecule has 94 valence electrons. The van der Waals surface area contributed by atoms with Gasteiger partial charge >= 0.3 is 0 Å². The summed E-state index contributed by atoms with van der Waals surface area (Å²) in [6.07, 6.45) is 6.85. The Morgan fingerprint density at radius 3 is 2.50 bits per heavy atom. The second-order valence-electron chi connectivity index (χ2n) is 3.15. The first kappa shape index (κ1) is 13.8. The summed E-state index contributed by atoms with van der Waals surface area (Å²) in [5, 5.41) is 7.55. The minimum absolute atomic E-state index is 0.887. The molecule has 0 spiro atoms. The predicted molar refractivity (Wildman–Crippen MR) is 71.1 cm³/mol. The lowest BCUT2D eigenvalue weighted by Gasteiger charge is -1.84. The lowest BCUT2D eigenvalue weighted by atomic mass is 10.5. The Bertz CT molecular complexity index is 517. The third-order valence-corrected chi connectivity index (χ3v) is 1.93. The third-order valence-electron chi connectivity index (χ3n) is 1.93. The summed E-state index contributed by atoms with van der Waals surface area (Å²) >= 11 is 0. The fourth-order valence-electron chi connectivity index (χ4n) is 1.13. The van der Waals surface area contributed by atoms with Gasteiger partial charge < -0.3 is 0 Å². The van der Waals surface area contributed by atoms with Gasteiger partial charge in [-0.25, -0.2) is 9.97 Å². The number of nitrogens with zero attached hydrogens (tertiary/aromatic N) is 5. The Morgan fingerprint density at radius 2 is 1.94 bits per heavy atom. The van der Waals surface area contributed by atoms with Gasteiger partial charge in [0.2, 0.25) is 0 Å². The highest BCUT2D eigenvalue weighted by molar-refractivity contribution is 5.34. The molecule has 3 heterocycles. The summed E-state index contributed by atoms with van der Waals surface area (Å²) in [5.74, 6) is 0. The zero-order valence-electron chi connectivity index (χ0n) is 10.9. The molecule has 0 aliphatic carbocycles. The van der Waals surface area contributed by atoms with E-state index in [4.69, 9.17) is 0 Å². The van der Waals surface area contributed by atoms with E-state index in [1.165, 1.54) is 6.33 Å². The molecular weight excluding hydrogens is 226 g/mol. The maximum atomic E-state index is 3.87. The summed E-state index contributed by atoms with van der Waals surface area (Å²) in [7, 11) is 0. The van der Waals surface area contributed by atoms with Crippen LogP contribution in [0, 0.1) is 6.92 Å². The van der Waals surface area contributed by atoms with E-state index in [-0.39, 0.29) is 0 Å². The molecule has 3 aromatic rings. The average Bonchev–Trinajstić information content (AvgIpc) is 2.91. The molecule has 0 saturated carbocycles. The quantitative estimate of drug-likeness (QED) is 0.609. The monoisotopic (exact) mass is 243 g/mol. The Kier molecular flexibility index (Phi) is 6.03. The van der Waals surface area contributed by atoms with E-state index < -0.39 is 0 Å². The minimum Gasteiger partial charge on any atom is -0.289 e. The highest BCUT2D eigenvalue weighted by atomic mass is 15.2. The van der Waals surface area contributed by atoms with E-state index in [1.807, 2.05) is 55.6 Å². The minimum atomic E-state index is 0.887. The zero-order chi connectivity index (χ0) is 13.2. The second-order valence-corrected chi connectivity index (χ2v) is 3.15. The normalized spacial score (nSPS) is 8.83. The van der Waals surface area contributed by atoms with Crippen molar-refractivity contribution in [1.29, 1.82) is 0 Å². The Labute approximate surface area is 107 Å². The maximum absolute atomic E-state index is 3.87. The van der Waals surface area contributed by atoms with Crippen molar-refractivity contribution >= 4 is 5.65 Å². The molecule has 0 N–H and O–H groups in total. The van der Waals surface area contributed by atoms with E-state index in [9.17, 15) is 0 Å². The number of aryl methyl sites for hydroxylation is 1. The van der Waals surface area contributed by atoms with Gasteiger partial charge in [-0.2, -0.15) is 0 Å². The van der Waals surface area contributed by atoms with Crippen molar-refractivity contribution in [1.82, 2.24) is 24.6 Å². The van der Waals surface area contributed by atoms with Crippen molar-refractivity contribution in [2.45, 2.75) is 20.8 Å². The zero-order valence-corrected chi connectivity index (χ0v) is 10.9. The van der Waals surface area contributed by atoms with E-state index in [0.717, 1.165) is 11.3 Å². The number of hydrogen-bond acceptors (Lipinski definition) is 4. The number of rotatable bonds is 0. The van der Waals surface area contributed by atoms with Crippen molar-refractivity contribution in [2.24, 2.45) is 0 Å². The third kappa shape index (κ3) is 4.29. The molecule has 0 aliphatic rings. The Morgan fingerprint density at radius 1 is 1.11 bits per heavy atom. The number of hydrogen-bond donors (Lipinski definition) is 0. The molecule has 18 heavy (non-hydrogen) atoms. The van der Waals surface area contributed by atoms with Gasteiger partial charge in [0.15, 0.2) is 5.65 Å². The van der Waals surface area contributed by atoms with Gasteiger partial charge in [0.05, 0.1) is 0 Å². The smallest absolute Gasteiger partial charge is 0.160 e. The first-order valence-electron chi connectivity index (χ1n) is 5.83. The van der Waals surface area contributed by atoms with Crippen LogP contribution in [0.25, 0.3) is 5.65 Å². The van der Waals surface area contributed by atoms with Gasteiger partial charge in [-0.1, -0.05) is 19.9 Å². The van der Waals surface area contributed by atoms with Crippen LogP contribution in [0.4, 0.5) is 0 Å². The molecule has 0 aromatic carbocycles. The van der Waals surface area contributed by atoms with Crippen molar-refractivity contribution in [3.63, 3.8) is 0 Å². The standard InChI is InChI=1S/C6H5N3.C5H6N2.C2H6/c1-2-4-9-5-7-8-6(9)3-1;1-5-2-3-6-4-7-5;1-2/h1-5H;2-4H,1H3;1-2H3. The molecule has 5 heteroatoms. The number of fused-ring (bicyclic) bond motifs is 1. The molecule has 0 radical (unpaired) electrons. The SMILES string of the molecule is CC.Cc1ccncn1.c1ccn2cnnc2c1. The van der Waals surface area contributed by atoms with Gasteiger partial charge in [-0.05, 0) is 25.1 Å². The van der Waals surface area contributed by atoms with Crippen molar-refractivity contribution in [3.05, 3.63) is 55.0 Å². The molecule has 0 saturated heterocycles. The maximum Gasteiger partial charge on any atom is 0.160 e. The summed E-state index contributed by atoms with van der Waals surface area (Å²) in [5.41, 5.74) is 1.90. The van der Waals surface area contributed by atoms with E-state index in [0.29, 0.717) is 0 Å². The summed E-state index contributed by atoms with van der Waals surface area (Å²) in [6.45, 7) is 5.93. The molecule has 0 atom stereocenters. The van der Waals surface area contributed by atoms with Crippen molar-refractivity contribution in [2.75, 3.05) is 0 Å². The van der Waals surface area contributed by atoms with Crippen LogP contribution in [-0.4, -0.2) is 24.6 Å². The van der Waals surface area contributed by atoms with Gasteiger partial charge in [-0.15, -0.1) is 10.2 Å². The van der Waals surface area contributed by atoms with E-state index >= 15 is 0 Å². The predicted octanol–water partition coefficient (Wildman–Crippen LogP) is 2.54. The van der Waals surface area contributed by atoms with Crippen LogP contribution < -0.4 is 0 Å². The van der Waals surface area contributed by atoms with Crippen LogP contribution in [0.1, 0.15) is 19.5 Å². The molecule has 0 amide bonds. The topological polar surface area (TPSA) is 56.0 Å². The molecule has 5 nitrogen and oxygen atoms in total. The molecule has 0 unspecified atom stereocenters. The Balaban J connectivity index is 0.000000163. The van der Waals surface area contributed by atoms with E-state index in [1.54, 1.807) is 12.5 Å². The van der Waals surface area contributed by atoms with E-state index in [2.05, 4.69) is 20.2 Å². The van der Waals surface area contributed by atoms with Gasteiger partial charge in [0.25, 0.3) is 0 Å². The highest BCUT2D eigenvalue weighted by Gasteiger charge is 1.87. The molecule has 0 fully saturated rings. The van der Waals surface area contributed by atoms with Crippen LogP contribution in [0.15, 0.2) is 49.3 Å². The summed E-state index contributed by atoms with van der Waals surface area (Å²) < 4.78 is 1.86. The van der Waals surface area contributed by atoms with Crippen LogP contribution in [0.5, 0.6) is 0 Å². The Hall–Kier alpha value is -2.30. The fraction of sp³-hybridized carbons (Fsp3) is 0.231. The number of aromatic nitrogens is 5. The highest BCUT2D eigenvalue weighted by Crippen LogP contribution is 1.94. The molecule has 0 bridgehead atoms. The van der Waals surface area contributed by atoms with Gasteiger partial charge in [0, 0.05) is 18.1 Å². The van der Waals surface area contributed by atoms with Crippen molar-refractivity contribution in [3.8, 4) is 0 Å². The molecule has 0 aliphatic heterocycles. The van der Waals surface area contributed by atoms with Crippen LogP contribution in [0.2, 0.25) is 0 Å². The van der Waals surface area contributed by atoms with Crippen LogP contribution >= 0.6 is 0 Å². The second kappa shape index (κ2) is 7.89. The van der Waals surface area contributed by atoms with Crippen molar-refractivity contribution < 1.29 is 0 Å². The fourth-order valence-corrected chi connectivity index (χ4v) is 1.13. The molecular formula is C13H17N5. The largest absolute Gasteiger partial charge is 0.289 e. The van der Waals surface area contributed by atoms with Crippen LogP contribution in [-0.2, 0) is 0 Å². The van der Waals surface area contributed by atoms with Crippen LogP contribution in [0.3, 0.4) is 0 Å². The summed E-state index contributed by atoms with van der Waals surface area (Å²) in [4.78, 5) is 7.60. The van der Waals surface area contributed by atoms with Gasteiger partial charge in [-0.3, -0.25) is 4.40 Å². The number of pyridine rings is 1. The first-order chi connectivity index (χ1) is 8.86. The average molecular weight is 243 g/mol.